The molecule has 0 aromatic rings. The van der Waals surface area contributed by atoms with Crippen LogP contribution in [0.4, 0.5) is 0 Å². The van der Waals surface area contributed by atoms with Crippen molar-refractivity contribution in [1.82, 2.24) is 4.98 Å². The van der Waals surface area contributed by atoms with Crippen LogP contribution in [0.5, 0.6) is 0 Å². The van der Waals surface area contributed by atoms with Crippen LogP contribution in [-0.4, -0.2) is 21.7 Å². The van der Waals surface area contributed by atoms with E-state index in [1.807, 2.05) is 7.05 Å². The number of nitrogens with one attached hydrogen (secondary N) is 1. The monoisotopic (exact) mass is 160 g/mol. The summed E-state index contributed by atoms with van der Waals surface area (Å²) >= 11 is 0. The number of hydrogen-bond acceptors (Lipinski definition) is 2. The van der Waals surface area contributed by atoms with Crippen LogP contribution < -0.4 is 10.7 Å². The molecule has 0 saturated carbocycles. The van der Waals surface area contributed by atoms with Crippen LogP contribution in [0.1, 0.15) is 27.2 Å². The first-order chi connectivity index (χ1) is 4.63. The van der Waals surface area contributed by atoms with Crippen molar-refractivity contribution >= 4 is 8.96 Å². The van der Waals surface area contributed by atoms with Gasteiger partial charge in [-0.25, -0.2) is 0 Å². The molecule has 0 aliphatic heterocycles. The topological polar surface area (TPSA) is 38.0 Å². The van der Waals surface area contributed by atoms with E-state index >= 15 is 0 Å². The lowest BCUT2D eigenvalue weighted by Gasteiger charge is -2.23. The SMILES string of the molecule is CCC(C)[SiH](NC)C(C)N. The van der Waals surface area contributed by atoms with Crippen molar-refractivity contribution < 1.29 is 0 Å². The van der Waals surface area contributed by atoms with E-state index in [-0.39, 0.29) is 0 Å². The van der Waals surface area contributed by atoms with E-state index < -0.39 is 8.96 Å². The molecular weight excluding hydrogens is 140 g/mol. The van der Waals surface area contributed by atoms with Crippen LogP contribution >= 0.6 is 0 Å². The maximum absolute atomic E-state index is 5.82. The minimum atomic E-state index is -0.853. The molecule has 0 bridgehead atoms. The first-order valence-corrected chi connectivity index (χ1v) is 5.97. The van der Waals surface area contributed by atoms with Gasteiger partial charge in [-0.05, 0) is 12.6 Å². The van der Waals surface area contributed by atoms with Crippen LogP contribution in [0.3, 0.4) is 0 Å². The predicted molar refractivity (Wildman–Crippen MR) is 49.6 cm³/mol. The van der Waals surface area contributed by atoms with Gasteiger partial charge in [-0.1, -0.05) is 27.2 Å². The van der Waals surface area contributed by atoms with Crippen LogP contribution in [0.15, 0.2) is 0 Å². The summed E-state index contributed by atoms with van der Waals surface area (Å²) in [5, 5.41) is 0. The zero-order chi connectivity index (χ0) is 8.15. The van der Waals surface area contributed by atoms with Crippen molar-refractivity contribution in [2.24, 2.45) is 5.73 Å². The van der Waals surface area contributed by atoms with Gasteiger partial charge in [0.05, 0.1) is 0 Å². The van der Waals surface area contributed by atoms with E-state index in [0.29, 0.717) is 5.67 Å². The average molecular weight is 160 g/mol. The third-order valence-corrected chi connectivity index (χ3v) is 5.65. The standard InChI is InChI=1S/C7H20N2Si/c1-5-6(2)10(9-4)7(3)8/h6-7,9-10H,5,8H2,1-4H3. The van der Waals surface area contributed by atoms with Gasteiger partial charge < -0.3 is 10.7 Å². The lowest BCUT2D eigenvalue weighted by atomic mass is 10.4. The molecule has 3 N–H and O–H groups in total. The lowest BCUT2D eigenvalue weighted by Crippen LogP contribution is -2.48. The molecule has 0 radical (unpaired) electrons. The van der Waals surface area contributed by atoms with Gasteiger partial charge in [0.15, 0.2) is 0 Å². The molecule has 0 aromatic heterocycles. The molecule has 0 heterocycles. The van der Waals surface area contributed by atoms with E-state index in [2.05, 4.69) is 25.8 Å². The van der Waals surface area contributed by atoms with Gasteiger partial charge >= 0.3 is 0 Å². The minimum Gasteiger partial charge on any atom is -0.341 e. The first-order valence-electron chi connectivity index (χ1n) is 4.06. The molecule has 0 aromatic carbocycles. The summed E-state index contributed by atoms with van der Waals surface area (Å²) in [4.78, 5) is 3.37. The Balaban J connectivity index is 3.80. The van der Waals surface area contributed by atoms with Gasteiger partial charge in [-0.2, -0.15) is 0 Å². The third kappa shape index (κ3) is 2.81. The lowest BCUT2D eigenvalue weighted by molar-refractivity contribution is 0.793. The van der Waals surface area contributed by atoms with E-state index in [0.717, 1.165) is 5.54 Å². The molecule has 0 spiro atoms. The molecule has 3 heteroatoms. The fourth-order valence-corrected chi connectivity index (χ4v) is 3.96. The molecule has 62 valence electrons. The van der Waals surface area contributed by atoms with Gasteiger partial charge in [0.1, 0.15) is 8.96 Å². The van der Waals surface area contributed by atoms with Crippen molar-refractivity contribution in [1.29, 1.82) is 0 Å². The Morgan fingerprint density at radius 2 is 2.00 bits per heavy atom. The normalized spacial score (nSPS) is 20.1. The zero-order valence-electron chi connectivity index (χ0n) is 7.52. The second-order valence-electron chi connectivity index (χ2n) is 3.06. The molecule has 0 rings (SSSR count). The molecule has 0 aliphatic rings. The van der Waals surface area contributed by atoms with Gasteiger partial charge in [-0.3, -0.25) is 0 Å². The Hall–Kier alpha value is 0.137. The fourth-order valence-electron chi connectivity index (χ4n) is 1.32. The second-order valence-corrected chi connectivity index (χ2v) is 6.88. The van der Waals surface area contributed by atoms with Gasteiger partial charge in [0.25, 0.3) is 0 Å². The molecule has 10 heavy (non-hydrogen) atoms. The van der Waals surface area contributed by atoms with Crippen molar-refractivity contribution in [3.8, 4) is 0 Å². The summed E-state index contributed by atoms with van der Waals surface area (Å²) in [7, 11) is 1.18. The molecule has 3 atom stereocenters. The molecule has 0 saturated heterocycles. The minimum absolute atomic E-state index is 0.389. The van der Waals surface area contributed by atoms with Gasteiger partial charge in [0.2, 0.25) is 0 Å². The van der Waals surface area contributed by atoms with Crippen LogP contribution in [0.25, 0.3) is 0 Å². The van der Waals surface area contributed by atoms with Gasteiger partial charge in [0, 0.05) is 5.67 Å². The Bertz CT molecular complexity index is 85.7. The Morgan fingerprint density at radius 1 is 1.50 bits per heavy atom. The van der Waals surface area contributed by atoms with E-state index in [1.165, 1.54) is 6.42 Å². The average Bonchev–Trinajstić information content (AvgIpc) is 1.88. The second kappa shape index (κ2) is 4.88. The smallest absolute Gasteiger partial charge is 0.128 e. The summed E-state index contributed by atoms with van der Waals surface area (Å²) < 4.78 is 0. The first kappa shape index (κ1) is 10.1. The Labute approximate surface area is 65.9 Å². The van der Waals surface area contributed by atoms with E-state index in [9.17, 15) is 0 Å². The highest BCUT2D eigenvalue weighted by atomic mass is 28.3. The summed E-state index contributed by atoms with van der Waals surface area (Å²) in [5.74, 6) is 0. The zero-order valence-corrected chi connectivity index (χ0v) is 8.67. The summed E-state index contributed by atoms with van der Waals surface area (Å²) in [5.41, 5.74) is 7.02. The van der Waals surface area contributed by atoms with Crippen LogP contribution in [-0.2, 0) is 0 Å². The third-order valence-electron chi connectivity index (χ3n) is 2.16. The molecular formula is C7H20N2Si. The van der Waals surface area contributed by atoms with Crippen LogP contribution in [0.2, 0.25) is 5.54 Å². The number of hydrogen-bond donors (Lipinski definition) is 2. The van der Waals surface area contributed by atoms with Crippen molar-refractivity contribution in [2.75, 3.05) is 7.05 Å². The highest BCUT2D eigenvalue weighted by molar-refractivity contribution is 6.59. The maximum atomic E-state index is 5.82. The Morgan fingerprint density at radius 3 is 2.10 bits per heavy atom. The highest BCUT2D eigenvalue weighted by Gasteiger charge is 2.19. The number of nitrogens with two attached hydrogens (primary N) is 1. The van der Waals surface area contributed by atoms with Crippen molar-refractivity contribution in [2.45, 2.75) is 38.4 Å². The van der Waals surface area contributed by atoms with E-state index in [1.54, 1.807) is 0 Å². The van der Waals surface area contributed by atoms with E-state index in [4.69, 9.17) is 5.73 Å². The summed E-state index contributed by atoms with van der Waals surface area (Å²) in [6.45, 7) is 6.63. The van der Waals surface area contributed by atoms with Crippen molar-refractivity contribution in [3.05, 3.63) is 0 Å². The summed E-state index contributed by atoms with van der Waals surface area (Å²) in [6, 6.07) is 0. The molecule has 3 unspecified atom stereocenters. The van der Waals surface area contributed by atoms with Crippen LogP contribution in [0, 0.1) is 0 Å². The summed E-state index contributed by atoms with van der Waals surface area (Å²) in [6.07, 6.45) is 1.25. The fraction of sp³-hybridized carbons (Fsp3) is 1.00. The maximum Gasteiger partial charge on any atom is 0.128 e. The Kier molecular flexibility index (Phi) is 4.94. The molecule has 0 fully saturated rings. The molecule has 2 nitrogen and oxygen atoms in total. The molecule has 0 aliphatic carbocycles. The largest absolute Gasteiger partial charge is 0.341 e. The predicted octanol–water partition coefficient (Wildman–Crippen LogP) is 0.616. The van der Waals surface area contributed by atoms with Crippen molar-refractivity contribution in [3.63, 3.8) is 0 Å². The quantitative estimate of drug-likeness (QED) is 0.592. The van der Waals surface area contributed by atoms with Gasteiger partial charge in [-0.15, -0.1) is 0 Å². The molecule has 0 amide bonds. The number of rotatable bonds is 4. The highest BCUT2D eigenvalue weighted by Crippen LogP contribution is 2.12.